The summed E-state index contributed by atoms with van der Waals surface area (Å²) in [5.74, 6) is 6.14. The summed E-state index contributed by atoms with van der Waals surface area (Å²) in [6, 6.07) is 17.1. The van der Waals surface area contributed by atoms with Crippen LogP contribution in [-0.2, 0) is 16.1 Å². The molecule has 0 fully saturated rings. The Labute approximate surface area is 123 Å². The third-order valence-electron chi connectivity index (χ3n) is 2.94. The lowest BCUT2D eigenvalue weighted by Crippen LogP contribution is -2.36. The van der Waals surface area contributed by atoms with Crippen LogP contribution >= 0.6 is 0 Å². The van der Waals surface area contributed by atoms with Crippen molar-refractivity contribution < 1.29 is 14.3 Å². The molecule has 0 spiro atoms. The predicted molar refractivity (Wildman–Crippen MR) is 80.8 cm³/mol. The van der Waals surface area contributed by atoms with Crippen LogP contribution < -0.4 is 15.6 Å². The van der Waals surface area contributed by atoms with E-state index < -0.39 is 0 Å². The molecule has 0 amide bonds. The van der Waals surface area contributed by atoms with Crippen molar-refractivity contribution in [2.45, 2.75) is 6.61 Å². The van der Waals surface area contributed by atoms with Crippen molar-refractivity contribution in [3.05, 3.63) is 60.2 Å². The minimum absolute atomic E-state index is 0.000713. The molecular weight excluding hydrogens is 268 g/mol. The number of nitrogens with zero attached hydrogens (tertiary/aromatic N) is 1. The number of methoxy groups -OCH3 is 1. The Kier molecular flexibility index (Phi) is 5.17. The van der Waals surface area contributed by atoms with Gasteiger partial charge >= 0.3 is 5.97 Å². The Hall–Kier alpha value is -2.53. The number of anilines is 1. The summed E-state index contributed by atoms with van der Waals surface area (Å²) in [6.07, 6.45) is 0. The quantitative estimate of drug-likeness (QED) is 0.500. The monoisotopic (exact) mass is 286 g/mol. The summed E-state index contributed by atoms with van der Waals surface area (Å²) in [5.41, 5.74) is 1.82. The molecule has 0 aromatic heterocycles. The molecule has 0 atom stereocenters. The fraction of sp³-hybridized carbons (Fsp3) is 0.188. The van der Waals surface area contributed by atoms with Gasteiger partial charge in [-0.3, -0.25) is 9.80 Å². The first-order chi connectivity index (χ1) is 10.2. The second-order valence-electron chi connectivity index (χ2n) is 4.47. The summed E-state index contributed by atoms with van der Waals surface area (Å²) in [5, 5.41) is 1.33. The maximum absolute atomic E-state index is 11.2. The van der Waals surface area contributed by atoms with Gasteiger partial charge in [0, 0.05) is 0 Å². The van der Waals surface area contributed by atoms with Crippen LogP contribution in [-0.4, -0.2) is 19.6 Å². The fourth-order valence-electron chi connectivity index (χ4n) is 1.77. The molecule has 0 unspecified atom stereocenters. The van der Waals surface area contributed by atoms with Crippen molar-refractivity contribution in [3.8, 4) is 5.75 Å². The Morgan fingerprint density at radius 2 is 1.76 bits per heavy atom. The van der Waals surface area contributed by atoms with Crippen LogP contribution in [0.15, 0.2) is 54.6 Å². The largest absolute Gasteiger partial charge is 0.489 e. The SMILES string of the molecule is COC(=O)CN(N)c1ccc(OCc2ccccc2)cc1. The Morgan fingerprint density at radius 3 is 2.38 bits per heavy atom. The normalized spacial score (nSPS) is 10.0. The predicted octanol–water partition coefficient (Wildman–Crippen LogP) is 2.12. The number of hydrogen-bond donors (Lipinski definition) is 1. The minimum atomic E-state index is -0.387. The number of rotatable bonds is 6. The molecule has 0 aliphatic rings. The van der Waals surface area contributed by atoms with Gasteiger partial charge in [-0.25, -0.2) is 5.84 Å². The van der Waals surface area contributed by atoms with Gasteiger partial charge in [0.25, 0.3) is 0 Å². The number of carbonyl (C=O) groups excluding carboxylic acids is 1. The molecule has 0 aliphatic carbocycles. The van der Waals surface area contributed by atoms with Crippen molar-refractivity contribution in [3.63, 3.8) is 0 Å². The molecule has 0 bridgehead atoms. The average molecular weight is 286 g/mol. The zero-order valence-corrected chi connectivity index (χ0v) is 11.9. The van der Waals surface area contributed by atoms with E-state index in [0.29, 0.717) is 12.3 Å². The van der Waals surface area contributed by atoms with Gasteiger partial charge in [-0.2, -0.15) is 0 Å². The third-order valence-corrected chi connectivity index (χ3v) is 2.94. The summed E-state index contributed by atoms with van der Waals surface area (Å²) in [4.78, 5) is 11.2. The first kappa shape index (κ1) is 14.9. The number of hydrazine groups is 1. The molecule has 0 heterocycles. The van der Waals surface area contributed by atoms with Gasteiger partial charge in [0.1, 0.15) is 18.9 Å². The first-order valence-electron chi connectivity index (χ1n) is 6.55. The van der Waals surface area contributed by atoms with Crippen LogP contribution in [0.2, 0.25) is 0 Å². The molecule has 0 aliphatic heterocycles. The van der Waals surface area contributed by atoms with E-state index in [-0.39, 0.29) is 12.5 Å². The highest BCUT2D eigenvalue weighted by atomic mass is 16.5. The molecule has 110 valence electrons. The van der Waals surface area contributed by atoms with Gasteiger partial charge in [0.2, 0.25) is 0 Å². The minimum Gasteiger partial charge on any atom is -0.489 e. The van der Waals surface area contributed by atoms with E-state index in [4.69, 9.17) is 10.6 Å². The molecule has 2 aromatic carbocycles. The molecule has 5 heteroatoms. The standard InChI is InChI=1S/C16H18N2O3/c1-20-16(19)11-18(17)14-7-9-15(10-8-14)21-12-13-5-3-2-4-6-13/h2-10H,11-12,17H2,1H3. The van der Waals surface area contributed by atoms with E-state index >= 15 is 0 Å². The van der Waals surface area contributed by atoms with Crippen molar-refractivity contribution >= 4 is 11.7 Å². The third kappa shape index (κ3) is 4.50. The smallest absolute Gasteiger partial charge is 0.326 e. The maximum atomic E-state index is 11.2. The van der Waals surface area contributed by atoms with Gasteiger partial charge < -0.3 is 9.47 Å². The Balaban J connectivity index is 1.91. The maximum Gasteiger partial charge on any atom is 0.326 e. The van der Waals surface area contributed by atoms with Gasteiger partial charge in [0.05, 0.1) is 12.8 Å². The highest BCUT2D eigenvalue weighted by Crippen LogP contribution is 2.18. The number of carbonyl (C=O) groups is 1. The van der Waals surface area contributed by atoms with Gasteiger partial charge in [-0.1, -0.05) is 30.3 Å². The first-order valence-corrected chi connectivity index (χ1v) is 6.55. The molecule has 2 N–H and O–H groups in total. The molecule has 2 rings (SSSR count). The number of hydrogen-bond acceptors (Lipinski definition) is 5. The average Bonchev–Trinajstić information content (AvgIpc) is 2.54. The highest BCUT2D eigenvalue weighted by Gasteiger charge is 2.08. The van der Waals surface area contributed by atoms with Crippen LogP contribution in [0.25, 0.3) is 0 Å². The number of nitrogens with two attached hydrogens (primary N) is 1. The van der Waals surface area contributed by atoms with Crippen LogP contribution in [0.1, 0.15) is 5.56 Å². The molecule has 5 nitrogen and oxygen atoms in total. The molecule has 0 saturated carbocycles. The molecule has 0 saturated heterocycles. The van der Waals surface area contributed by atoms with E-state index in [1.807, 2.05) is 42.5 Å². The highest BCUT2D eigenvalue weighted by molar-refractivity contribution is 5.75. The van der Waals surface area contributed by atoms with Crippen molar-refractivity contribution in [1.29, 1.82) is 0 Å². The van der Waals surface area contributed by atoms with Crippen LogP contribution in [0.3, 0.4) is 0 Å². The molecular formula is C16H18N2O3. The van der Waals surface area contributed by atoms with E-state index in [2.05, 4.69) is 4.74 Å². The molecule has 2 aromatic rings. The van der Waals surface area contributed by atoms with Crippen molar-refractivity contribution in [2.75, 3.05) is 18.7 Å². The van der Waals surface area contributed by atoms with E-state index in [0.717, 1.165) is 11.3 Å². The van der Waals surface area contributed by atoms with Gasteiger partial charge in [0.15, 0.2) is 0 Å². The zero-order valence-electron chi connectivity index (χ0n) is 11.9. The van der Waals surface area contributed by atoms with Crippen LogP contribution in [0.4, 0.5) is 5.69 Å². The fourth-order valence-corrected chi connectivity index (χ4v) is 1.77. The number of benzene rings is 2. The topological polar surface area (TPSA) is 64.8 Å². The second kappa shape index (κ2) is 7.31. The summed E-state index contributed by atoms with van der Waals surface area (Å²) in [6.45, 7) is 0.509. The second-order valence-corrected chi connectivity index (χ2v) is 4.47. The lowest BCUT2D eigenvalue weighted by atomic mass is 10.2. The summed E-state index contributed by atoms with van der Waals surface area (Å²) >= 11 is 0. The van der Waals surface area contributed by atoms with Gasteiger partial charge in [-0.15, -0.1) is 0 Å². The lowest BCUT2D eigenvalue weighted by Gasteiger charge is -2.17. The van der Waals surface area contributed by atoms with Crippen LogP contribution in [0, 0.1) is 0 Å². The summed E-state index contributed by atoms with van der Waals surface area (Å²) < 4.78 is 10.2. The van der Waals surface area contributed by atoms with E-state index in [9.17, 15) is 4.79 Å². The molecule has 21 heavy (non-hydrogen) atoms. The van der Waals surface area contributed by atoms with Crippen molar-refractivity contribution in [1.82, 2.24) is 0 Å². The number of ether oxygens (including phenoxy) is 2. The Bertz CT molecular complexity index is 570. The van der Waals surface area contributed by atoms with Crippen molar-refractivity contribution in [2.24, 2.45) is 5.84 Å². The zero-order chi connectivity index (χ0) is 15.1. The van der Waals surface area contributed by atoms with Crippen LogP contribution in [0.5, 0.6) is 5.75 Å². The lowest BCUT2D eigenvalue weighted by molar-refractivity contribution is -0.138. The van der Waals surface area contributed by atoms with E-state index in [1.165, 1.54) is 12.1 Å². The summed E-state index contributed by atoms with van der Waals surface area (Å²) in [7, 11) is 1.33. The number of esters is 1. The molecule has 0 radical (unpaired) electrons. The van der Waals surface area contributed by atoms with Gasteiger partial charge in [-0.05, 0) is 29.8 Å². The Morgan fingerprint density at radius 1 is 1.10 bits per heavy atom. The van der Waals surface area contributed by atoms with E-state index in [1.54, 1.807) is 12.1 Å².